The Labute approximate surface area is 118 Å². The van der Waals surface area contributed by atoms with Crippen LogP contribution in [0.1, 0.15) is 49.4 Å². The van der Waals surface area contributed by atoms with Crippen LogP contribution in [0.15, 0.2) is 18.2 Å². The number of hydrogen-bond acceptors (Lipinski definition) is 4. The lowest BCUT2D eigenvalue weighted by Crippen LogP contribution is -2.32. The number of carbonyl (C=O) groups excluding carboxylic acids is 1. The minimum Gasteiger partial charge on any atom is -0.370 e. The molecular weight excluding hydrogens is 256 g/mol. The Morgan fingerprint density at radius 3 is 2.80 bits per heavy atom. The molecule has 1 aromatic rings. The Bertz CT molecular complexity index is 514. The highest BCUT2D eigenvalue weighted by atomic mass is 16.6. The number of non-ortho nitro benzene ring substituents is 1. The lowest BCUT2D eigenvalue weighted by molar-refractivity contribution is -0.384. The van der Waals surface area contributed by atoms with Crippen molar-refractivity contribution in [2.24, 2.45) is 0 Å². The van der Waals surface area contributed by atoms with Gasteiger partial charge in [0.05, 0.1) is 4.92 Å². The number of rotatable bonds is 6. The third kappa shape index (κ3) is 3.15. The molecule has 5 nitrogen and oxygen atoms in total. The fourth-order valence-corrected chi connectivity index (χ4v) is 2.59. The van der Waals surface area contributed by atoms with Gasteiger partial charge < -0.3 is 4.90 Å². The van der Waals surface area contributed by atoms with Gasteiger partial charge in [-0.05, 0) is 12.5 Å². The molecule has 0 saturated heterocycles. The zero-order valence-electron chi connectivity index (χ0n) is 11.8. The molecule has 0 bridgehead atoms. The first-order chi connectivity index (χ1) is 9.63. The van der Waals surface area contributed by atoms with E-state index in [1.165, 1.54) is 31.4 Å². The van der Waals surface area contributed by atoms with Crippen LogP contribution in [-0.2, 0) is 0 Å². The quantitative estimate of drug-likeness (QED) is 0.452. The largest absolute Gasteiger partial charge is 0.370 e. The van der Waals surface area contributed by atoms with Crippen LogP contribution < -0.4 is 4.90 Å². The summed E-state index contributed by atoms with van der Waals surface area (Å²) in [6, 6.07) is 4.61. The van der Waals surface area contributed by atoms with E-state index in [1.807, 2.05) is 0 Å². The predicted molar refractivity (Wildman–Crippen MR) is 78.4 cm³/mol. The summed E-state index contributed by atoms with van der Waals surface area (Å²) < 4.78 is 0. The fourth-order valence-electron chi connectivity index (χ4n) is 2.59. The molecule has 0 atom stereocenters. The van der Waals surface area contributed by atoms with E-state index in [2.05, 4.69) is 11.8 Å². The van der Waals surface area contributed by atoms with Crippen molar-refractivity contribution in [1.82, 2.24) is 0 Å². The van der Waals surface area contributed by atoms with Gasteiger partial charge in [0.2, 0.25) is 0 Å². The van der Waals surface area contributed by atoms with Crippen molar-refractivity contribution in [3.63, 3.8) is 0 Å². The molecule has 1 aliphatic rings. The van der Waals surface area contributed by atoms with Gasteiger partial charge in [0, 0.05) is 42.9 Å². The molecule has 20 heavy (non-hydrogen) atoms. The summed E-state index contributed by atoms with van der Waals surface area (Å²) in [5.41, 5.74) is 1.34. The molecule has 0 radical (unpaired) electrons. The highest BCUT2D eigenvalue weighted by Crippen LogP contribution is 2.30. The van der Waals surface area contributed by atoms with E-state index in [0.29, 0.717) is 12.0 Å². The fraction of sp³-hybridized carbons (Fsp3) is 0.533. The lowest BCUT2D eigenvalue weighted by atomic mass is 9.99. The van der Waals surface area contributed by atoms with Gasteiger partial charge in [0.1, 0.15) is 0 Å². The maximum absolute atomic E-state index is 11.9. The molecule has 5 heteroatoms. The number of Topliss-reactive ketones (excluding diaryl/α,β-unsaturated/α-hetero) is 1. The minimum atomic E-state index is -0.451. The average Bonchev–Trinajstić information content (AvgIpc) is 2.45. The molecule has 0 unspecified atom stereocenters. The van der Waals surface area contributed by atoms with Crippen molar-refractivity contribution >= 4 is 17.2 Å². The van der Waals surface area contributed by atoms with Crippen LogP contribution in [0.25, 0.3) is 0 Å². The number of nitrogens with zero attached hydrogens (tertiary/aromatic N) is 2. The second-order valence-electron chi connectivity index (χ2n) is 5.18. The number of hydrogen-bond donors (Lipinski definition) is 0. The molecule has 108 valence electrons. The first-order valence-electron chi connectivity index (χ1n) is 7.20. The van der Waals surface area contributed by atoms with E-state index in [-0.39, 0.29) is 11.5 Å². The second-order valence-corrected chi connectivity index (χ2v) is 5.18. The normalized spacial score (nSPS) is 14.2. The first kappa shape index (κ1) is 14.5. The number of carbonyl (C=O) groups is 1. The standard InChI is InChI=1S/C15H20N2O3/c1-2-3-4-5-9-16-10-8-15(18)13-11-12(17(19)20)6-7-14(13)16/h6-7,11H,2-5,8-10H2,1H3. The molecule has 1 aliphatic heterocycles. The third-order valence-corrected chi connectivity index (χ3v) is 3.72. The number of ketones is 1. The van der Waals surface area contributed by atoms with Crippen molar-refractivity contribution in [2.75, 3.05) is 18.0 Å². The Morgan fingerprint density at radius 2 is 2.10 bits per heavy atom. The van der Waals surface area contributed by atoms with E-state index in [4.69, 9.17) is 0 Å². The molecule has 2 rings (SSSR count). The Balaban J connectivity index is 2.15. The van der Waals surface area contributed by atoms with Crippen LogP contribution in [-0.4, -0.2) is 23.8 Å². The monoisotopic (exact) mass is 276 g/mol. The summed E-state index contributed by atoms with van der Waals surface area (Å²) in [6.07, 6.45) is 5.14. The van der Waals surface area contributed by atoms with E-state index < -0.39 is 4.92 Å². The zero-order valence-corrected chi connectivity index (χ0v) is 11.8. The smallest absolute Gasteiger partial charge is 0.270 e. The molecule has 0 spiro atoms. The number of unbranched alkanes of at least 4 members (excludes halogenated alkanes) is 3. The average molecular weight is 276 g/mol. The summed E-state index contributed by atoms with van der Waals surface area (Å²) in [5.74, 6) is 0.00788. The molecular formula is C15H20N2O3. The Kier molecular flexibility index (Phi) is 4.71. The molecule has 1 heterocycles. The van der Waals surface area contributed by atoms with Crippen LogP contribution in [0.4, 0.5) is 11.4 Å². The Morgan fingerprint density at radius 1 is 1.30 bits per heavy atom. The van der Waals surface area contributed by atoms with Crippen LogP contribution >= 0.6 is 0 Å². The van der Waals surface area contributed by atoms with E-state index in [1.54, 1.807) is 6.07 Å². The van der Waals surface area contributed by atoms with E-state index >= 15 is 0 Å². The predicted octanol–water partition coefficient (Wildman–Crippen LogP) is 3.57. The molecule has 1 aromatic carbocycles. The van der Waals surface area contributed by atoms with Gasteiger partial charge in [0.25, 0.3) is 5.69 Å². The zero-order chi connectivity index (χ0) is 14.5. The molecule has 0 aliphatic carbocycles. The summed E-state index contributed by atoms with van der Waals surface area (Å²) in [7, 11) is 0. The van der Waals surface area contributed by atoms with E-state index in [9.17, 15) is 14.9 Å². The Hall–Kier alpha value is -1.91. The molecule has 0 aromatic heterocycles. The lowest BCUT2D eigenvalue weighted by Gasteiger charge is -2.30. The highest BCUT2D eigenvalue weighted by Gasteiger charge is 2.24. The summed E-state index contributed by atoms with van der Waals surface area (Å²) in [5, 5.41) is 10.8. The molecule has 0 saturated carbocycles. The second kappa shape index (κ2) is 6.50. The maximum Gasteiger partial charge on any atom is 0.270 e. The summed E-state index contributed by atoms with van der Waals surface area (Å²) >= 11 is 0. The van der Waals surface area contributed by atoms with Crippen LogP contribution in [0.3, 0.4) is 0 Å². The van der Waals surface area contributed by atoms with Crippen molar-refractivity contribution < 1.29 is 9.72 Å². The summed E-state index contributed by atoms with van der Waals surface area (Å²) in [6.45, 7) is 3.81. The van der Waals surface area contributed by atoms with Crippen molar-refractivity contribution in [3.05, 3.63) is 33.9 Å². The van der Waals surface area contributed by atoms with E-state index in [0.717, 1.165) is 25.2 Å². The van der Waals surface area contributed by atoms with Gasteiger partial charge in [-0.3, -0.25) is 14.9 Å². The number of nitro groups is 1. The van der Waals surface area contributed by atoms with Gasteiger partial charge in [-0.2, -0.15) is 0 Å². The first-order valence-corrected chi connectivity index (χ1v) is 7.20. The molecule has 0 amide bonds. The van der Waals surface area contributed by atoms with Crippen molar-refractivity contribution in [3.8, 4) is 0 Å². The number of benzene rings is 1. The van der Waals surface area contributed by atoms with Crippen LogP contribution in [0, 0.1) is 10.1 Å². The summed E-state index contributed by atoms with van der Waals surface area (Å²) in [4.78, 5) is 24.5. The minimum absolute atomic E-state index is 0.00788. The van der Waals surface area contributed by atoms with Crippen molar-refractivity contribution in [1.29, 1.82) is 0 Å². The third-order valence-electron chi connectivity index (χ3n) is 3.72. The van der Waals surface area contributed by atoms with Crippen LogP contribution in [0.5, 0.6) is 0 Å². The van der Waals surface area contributed by atoms with Gasteiger partial charge in [-0.1, -0.05) is 26.2 Å². The number of fused-ring (bicyclic) bond motifs is 1. The van der Waals surface area contributed by atoms with Gasteiger partial charge >= 0.3 is 0 Å². The van der Waals surface area contributed by atoms with Crippen LogP contribution in [0.2, 0.25) is 0 Å². The topological polar surface area (TPSA) is 63.5 Å². The highest BCUT2D eigenvalue weighted by molar-refractivity contribution is 6.03. The van der Waals surface area contributed by atoms with Gasteiger partial charge in [-0.15, -0.1) is 0 Å². The SMILES string of the molecule is CCCCCCN1CCC(=O)c2cc([N+](=O)[O-])ccc21. The maximum atomic E-state index is 11.9. The van der Waals surface area contributed by atoms with Gasteiger partial charge in [0.15, 0.2) is 5.78 Å². The van der Waals surface area contributed by atoms with Gasteiger partial charge in [-0.25, -0.2) is 0 Å². The van der Waals surface area contributed by atoms with Crippen molar-refractivity contribution in [2.45, 2.75) is 39.0 Å². The number of nitro benzene ring substituents is 1. The number of anilines is 1. The molecule has 0 N–H and O–H groups in total. The molecule has 0 fully saturated rings.